The average molecular weight is 342 g/mol. The first kappa shape index (κ1) is 16.6. The summed E-state index contributed by atoms with van der Waals surface area (Å²) in [5.41, 5.74) is 1.56. The van der Waals surface area contributed by atoms with Gasteiger partial charge in [0.15, 0.2) is 0 Å². The highest BCUT2D eigenvalue weighted by atomic mass is 19.1. The largest absolute Gasteiger partial charge is 0.385 e. The number of nitrogens with one attached hydrogen (secondary N) is 1. The van der Waals surface area contributed by atoms with Crippen molar-refractivity contribution >= 4 is 11.4 Å². The molecule has 0 saturated heterocycles. The number of nitrogens with zero attached hydrogens (tertiary/aromatic N) is 3. The maximum absolute atomic E-state index is 12.9. The Morgan fingerprint density at radius 1 is 1.12 bits per heavy atom. The first-order valence-corrected chi connectivity index (χ1v) is 7.69. The third kappa shape index (κ3) is 4.37. The number of non-ortho nitro benzene ring substituents is 1. The lowest BCUT2D eigenvalue weighted by atomic mass is 10.2. The zero-order chi connectivity index (χ0) is 17.6. The van der Waals surface area contributed by atoms with Crippen molar-refractivity contribution in [2.75, 3.05) is 11.9 Å². The zero-order valence-electron chi connectivity index (χ0n) is 13.2. The van der Waals surface area contributed by atoms with E-state index in [9.17, 15) is 14.5 Å². The number of nitro benzene ring substituents is 1. The van der Waals surface area contributed by atoms with E-state index in [2.05, 4.69) is 15.5 Å². The van der Waals surface area contributed by atoms with Crippen molar-refractivity contribution in [1.29, 1.82) is 0 Å². The second-order valence-corrected chi connectivity index (χ2v) is 5.35. The van der Waals surface area contributed by atoms with Gasteiger partial charge in [-0.15, -0.1) is 0 Å². The van der Waals surface area contributed by atoms with Crippen LogP contribution in [-0.2, 0) is 6.42 Å². The molecule has 0 radical (unpaired) electrons. The lowest BCUT2D eigenvalue weighted by molar-refractivity contribution is -0.384. The SMILES string of the molecule is O=[N+]([O-])c1ccc(NCCCc2nc(-c3ccc(F)cc3)no2)cc1. The van der Waals surface area contributed by atoms with Gasteiger partial charge in [-0.25, -0.2) is 4.39 Å². The minimum atomic E-state index is -0.432. The lowest BCUT2D eigenvalue weighted by Crippen LogP contribution is -2.03. The molecule has 3 aromatic rings. The van der Waals surface area contributed by atoms with E-state index in [1.54, 1.807) is 24.3 Å². The third-order valence-electron chi connectivity index (χ3n) is 3.55. The molecular weight excluding hydrogens is 327 g/mol. The molecule has 128 valence electrons. The first-order chi connectivity index (χ1) is 12.1. The molecule has 0 aliphatic heterocycles. The molecule has 0 fully saturated rings. The number of rotatable bonds is 7. The van der Waals surface area contributed by atoms with Crippen molar-refractivity contribution in [1.82, 2.24) is 10.1 Å². The fourth-order valence-corrected chi connectivity index (χ4v) is 2.25. The van der Waals surface area contributed by atoms with Gasteiger partial charge in [-0.2, -0.15) is 4.98 Å². The van der Waals surface area contributed by atoms with Gasteiger partial charge in [0.1, 0.15) is 5.82 Å². The van der Waals surface area contributed by atoms with Crippen molar-refractivity contribution in [3.05, 3.63) is 70.4 Å². The molecule has 0 aliphatic carbocycles. The second-order valence-electron chi connectivity index (χ2n) is 5.35. The van der Waals surface area contributed by atoms with Gasteiger partial charge in [-0.1, -0.05) is 5.16 Å². The van der Waals surface area contributed by atoms with E-state index in [-0.39, 0.29) is 11.5 Å². The van der Waals surface area contributed by atoms with E-state index >= 15 is 0 Å². The van der Waals surface area contributed by atoms with Gasteiger partial charge in [0, 0.05) is 36.3 Å². The van der Waals surface area contributed by atoms with Crippen LogP contribution in [0, 0.1) is 15.9 Å². The lowest BCUT2D eigenvalue weighted by Gasteiger charge is -2.04. The summed E-state index contributed by atoms with van der Waals surface area (Å²) >= 11 is 0. The van der Waals surface area contributed by atoms with E-state index in [0.29, 0.717) is 30.2 Å². The van der Waals surface area contributed by atoms with E-state index in [4.69, 9.17) is 4.52 Å². The topological polar surface area (TPSA) is 94.1 Å². The summed E-state index contributed by atoms with van der Waals surface area (Å²) in [7, 11) is 0. The highest BCUT2D eigenvalue weighted by molar-refractivity contribution is 5.53. The fraction of sp³-hybridized carbons (Fsp3) is 0.176. The van der Waals surface area contributed by atoms with Crippen molar-refractivity contribution in [2.45, 2.75) is 12.8 Å². The fourth-order valence-electron chi connectivity index (χ4n) is 2.25. The summed E-state index contributed by atoms with van der Waals surface area (Å²) < 4.78 is 18.1. The molecule has 1 heterocycles. The predicted molar refractivity (Wildman–Crippen MR) is 89.6 cm³/mol. The van der Waals surface area contributed by atoms with E-state index < -0.39 is 4.92 Å². The van der Waals surface area contributed by atoms with Gasteiger partial charge in [0.25, 0.3) is 5.69 Å². The highest BCUT2D eigenvalue weighted by Gasteiger charge is 2.08. The van der Waals surface area contributed by atoms with Crippen LogP contribution in [0.15, 0.2) is 53.1 Å². The molecule has 0 amide bonds. The number of benzene rings is 2. The molecule has 0 aliphatic rings. The summed E-state index contributed by atoms with van der Waals surface area (Å²) in [4.78, 5) is 14.4. The zero-order valence-corrected chi connectivity index (χ0v) is 13.2. The Hall–Kier alpha value is -3.29. The number of aromatic nitrogens is 2. The Kier molecular flexibility index (Phi) is 4.98. The molecule has 3 rings (SSSR count). The molecule has 0 unspecified atom stereocenters. The van der Waals surface area contributed by atoms with Crippen LogP contribution in [0.2, 0.25) is 0 Å². The van der Waals surface area contributed by atoms with Crippen LogP contribution in [0.25, 0.3) is 11.4 Å². The van der Waals surface area contributed by atoms with Crippen LogP contribution >= 0.6 is 0 Å². The summed E-state index contributed by atoms with van der Waals surface area (Å²) in [5, 5.41) is 17.7. The predicted octanol–water partition coefficient (Wildman–Crippen LogP) is 3.83. The first-order valence-electron chi connectivity index (χ1n) is 7.69. The Labute approximate surface area is 142 Å². The van der Waals surface area contributed by atoms with E-state index in [1.165, 1.54) is 24.3 Å². The quantitative estimate of drug-likeness (QED) is 0.398. The van der Waals surface area contributed by atoms with Gasteiger partial charge in [0.2, 0.25) is 11.7 Å². The smallest absolute Gasteiger partial charge is 0.269 e. The molecular formula is C17H15FN4O3. The van der Waals surface area contributed by atoms with Crippen LogP contribution in [0.4, 0.5) is 15.8 Å². The van der Waals surface area contributed by atoms with Crippen molar-refractivity contribution in [3.63, 3.8) is 0 Å². The van der Waals surface area contributed by atoms with Crippen LogP contribution in [0.1, 0.15) is 12.3 Å². The Morgan fingerprint density at radius 2 is 1.84 bits per heavy atom. The number of hydrogen-bond acceptors (Lipinski definition) is 6. The van der Waals surface area contributed by atoms with E-state index in [0.717, 1.165) is 12.1 Å². The van der Waals surface area contributed by atoms with Gasteiger partial charge in [-0.05, 0) is 42.8 Å². The van der Waals surface area contributed by atoms with Crippen LogP contribution < -0.4 is 5.32 Å². The minimum absolute atomic E-state index is 0.0599. The number of anilines is 1. The van der Waals surface area contributed by atoms with Gasteiger partial charge >= 0.3 is 0 Å². The molecule has 0 bridgehead atoms. The Bertz CT molecular complexity index is 847. The maximum atomic E-state index is 12.9. The second kappa shape index (κ2) is 7.52. The molecule has 0 spiro atoms. The summed E-state index contributed by atoms with van der Waals surface area (Å²) in [6.45, 7) is 0.659. The Balaban J connectivity index is 1.48. The van der Waals surface area contributed by atoms with Crippen LogP contribution in [0.3, 0.4) is 0 Å². The normalized spacial score (nSPS) is 10.6. The highest BCUT2D eigenvalue weighted by Crippen LogP contribution is 2.17. The molecule has 0 saturated carbocycles. The average Bonchev–Trinajstić information content (AvgIpc) is 3.09. The van der Waals surface area contributed by atoms with Crippen LogP contribution in [-0.4, -0.2) is 21.6 Å². The summed E-state index contributed by atoms with van der Waals surface area (Å²) in [5.74, 6) is 0.618. The third-order valence-corrected chi connectivity index (χ3v) is 3.55. The molecule has 8 heteroatoms. The number of nitro groups is 1. The number of aryl methyl sites for hydroxylation is 1. The van der Waals surface area contributed by atoms with E-state index in [1.807, 2.05) is 0 Å². The maximum Gasteiger partial charge on any atom is 0.269 e. The summed E-state index contributed by atoms with van der Waals surface area (Å²) in [6.07, 6.45) is 1.34. The van der Waals surface area contributed by atoms with Crippen molar-refractivity contribution in [3.8, 4) is 11.4 Å². The van der Waals surface area contributed by atoms with Crippen molar-refractivity contribution in [2.24, 2.45) is 0 Å². The number of hydrogen-bond donors (Lipinski definition) is 1. The molecule has 25 heavy (non-hydrogen) atoms. The van der Waals surface area contributed by atoms with Gasteiger partial charge in [-0.3, -0.25) is 10.1 Å². The molecule has 1 N–H and O–H groups in total. The molecule has 7 nitrogen and oxygen atoms in total. The molecule has 0 atom stereocenters. The van der Waals surface area contributed by atoms with Gasteiger partial charge < -0.3 is 9.84 Å². The standard InChI is InChI=1S/C17H15FN4O3/c18-13-5-3-12(4-6-13)17-20-16(25-21-17)2-1-11-19-14-7-9-15(10-8-14)22(23)24/h3-10,19H,1-2,11H2. The van der Waals surface area contributed by atoms with Gasteiger partial charge in [0.05, 0.1) is 4.92 Å². The number of halogens is 1. The summed E-state index contributed by atoms with van der Waals surface area (Å²) in [6, 6.07) is 12.1. The van der Waals surface area contributed by atoms with Crippen molar-refractivity contribution < 1.29 is 13.8 Å². The molecule has 1 aromatic heterocycles. The minimum Gasteiger partial charge on any atom is -0.385 e. The van der Waals surface area contributed by atoms with Crippen LogP contribution in [0.5, 0.6) is 0 Å². The molecule has 2 aromatic carbocycles. The Morgan fingerprint density at radius 3 is 2.52 bits per heavy atom. The monoisotopic (exact) mass is 342 g/mol.